The van der Waals surface area contributed by atoms with Crippen molar-refractivity contribution in [2.24, 2.45) is 11.7 Å². The number of benzene rings is 2. The van der Waals surface area contributed by atoms with Crippen LogP contribution in [-0.4, -0.2) is 79.3 Å². The van der Waals surface area contributed by atoms with E-state index in [0.717, 1.165) is 0 Å². The third kappa shape index (κ3) is 6.61. The van der Waals surface area contributed by atoms with Gasteiger partial charge in [-0.2, -0.15) is 0 Å². The van der Waals surface area contributed by atoms with E-state index in [9.17, 15) is 15.0 Å². The highest BCUT2D eigenvalue weighted by Crippen LogP contribution is 2.42. The summed E-state index contributed by atoms with van der Waals surface area (Å²) in [6.07, 6.45) is 0.871. The molecule has 1 amide bonds. The maximum absolute atomic E-state index is 15.6. The molecule has 2 aromatic carbocycles. The molecule has 4 rings (SSSR count). The fraction of sp³-hybridized carbons (Fsp3) is 0.567. The predicted octanol–water partition coefficient (Wildman–Crippen LogP) is 3.22. The van der Waals surface area contributed by atoms with Crippen LogP contribution in [0.2, 0.25) is 0 Å². The molecule has 1 heterocycles. The normalized spacial score (nSPS) is 24.9. The van der Waals surface area contributed by atoms with Gasteiger partial charge in [-0.3, -0.25) is 4.79 Å². The smallest absolute Gasteiger partial charge is 0.226 e. The zero-order valence-corrected chi connectivity index (χ0v) is 22.9. The van der Waals surface area contributed by atoms with E-state index in [1.807, 2.05) is 13.0 Å². The van der Waals surface area contributed by atoms with Crippen LogP contribution in [0, 0.1) is 11.7 Å². The molecule has 2 fully saturated rings. The minimum absolute atomic E-state index is 0.0964. The van der Waals surface area contributed by atoms with Gasteiger partial charge in [-0.1, -0.05) is 24.3 Å². The van der Waals surface area contributed by atoms with Crippen LogP contribution in [0.5, 0.6) is 5.75 Å². The molecular weight excluding hydrogens is 503 g/mol. The first-order valence-electron chi connectivity index (χ1n) is 13.9. The van der Waals surface area contributed by atoms with Gasteiger partial charge in [-0.15, -0.1) is 0 Å². The summed E-state index contributed by atoms with van der Waals surface area (Å²) < 4.78 is 32.6. The molecule has 214 valence electrons. The fourth-order valence-corrected chi connectivity index (χ4v) is 5.84. The molecule has 0 radical (unpaired) electrons. The van der Waals surface area contributed by atoms with E-state index >= 15 is 4.39 Å². The fourth-order valence-electron chi connectivity index (χ4n) is 5.84. The Morgan fingerprint density at radius 2 is 2.03 bits per heavy atom. The van der Waals surface area contributed by atoms with E-state index in [2.05, 4.69) is 0 Å². The summed E-state index contributed by atoms with van der Waals surface area (Å²) in [5.74, 6) is -0.319. The summed E-state index contributed by atoms with van der Waals surface area (Å²) in [4.78, 5) is 15.1. The number of carbonyl (C=O) groups is 1. The van der Waals surface area contributed by atoms with E-state index in [1.165, 1.54) is 6.07 Å². The highest BCUT2D eigenvalue weighted by molar-refractivity contribution is 5.79. The van der Waals surface area contributed by atoms with Gasteiger partial charge >= 0.3 is 0 Å². The van der Waals surface area contributed by atoms with E-state index in [4.69, 9.17) is 19.9 Å². The third-order valence-electron chi connectivity index (χ3n) is 7.91. The Labute approximate surface area is 229 Å². The van der Waals surface area contributed by atoms with Crippen molar-refractivity contribution in [3.8, 4) is 16.9 Å². The first-order chi connectivity index (χ1) is 18.8. The summed E-state index contributed by atoms with van der Waals surface area (Å²) in [5.41, 5.74) is 5.65. The molecule has 1 saturated heterocycles. The molecule has 0 aromatic heterocycles. The molecule has 1 aliphatic heterocycles. The minimum Gasteiger partial charge on any atom is -0.494 e. The van der Waals surface area contributed by atoms with Crippen LogP contribution >= 0.6 is 0 Å². The number of halogens is 1. The van der Waals surface area contributed by atoms with Crippen molar-refractivity contribution >= 4 is 5.91 Å². The van der Waals surface area contributed by atoms with Gasteiger partial charge in [-0.25, -0.2) is 4.39 Å². The Balaban J connectivity index is 1.69. The first kappa shape index (κ1) is 29.4. The van der Waals surface area contributed by atoms with Crippen LogP contribution in [0.15, 0.2) is 42.5 Å². The lowest BCUT2D eigenvalue weighted by atomic mass is 9.78. The Bertz CT molecular complexity index is 1110. The van der Waals surface area contributed by atoms with Crippen molar-refractivity contribution in [3.05, 3.63) is 53.8 Å². The Morgan fingerprint density at radius 3 is 2.74 bits per heavy atom. The van der Waals surface area contributed by atoms with Crippen LogP contribution in [0.25, 0.3) is 11.1 Å². The van der Waals surface area contributed by atoms with Crippen LogP contribution in [0.1, 0.15) is 44.6 Å². The number of hydrogen-bond acceptors (Lipinski definition) is 7. The second-order valence-electron chi connectivity index (χ2n) is 10.5. The number of ether oxygens (including phenoxy) is 3. The Hall–Kier alpha value is -2.56. The summed E-state index contributed by atoms with van der Waals surface area (Å²) in [5, 5.41) is 22.5. The van der Waals surface area contributed by atoms with E-state index in [0.29, 0.717) is 62.3 Å². The number of aliphatic hydroxyl groups is 2. The number of rotatable bonds is 11. The molecule has 4 N–H and O–H groups in total. The SMILES string of the molecule is CCOc1cccc(-c2c(F)cccc2[C@@](O)(CCCCOC)[C@H]2CN(C(=O)[C@H]3C[C@@H](N)[C@@H](O)C3)CCO2)c1. The quantitative estimate of drug-likeness (QED) is 0.372. The highest BCUT2D eigenvalue weighted by Gasteiger charge is 2.46. The number of methoxy groups -OCH3 is 1. The number of unbranched alkanes of at least 4 members (excludes halogenated alkanes) is 1. The van der Waals surface area contributed by atoms with Crippen LogP contribution in [0.3, 0.4) is 0 Å². The van der Waals surface area contributed by atoms with Gasteiger partial charge in [0.2, 0.25) is 5.91 Å². The van der Waals surface area contributed by atoms with E-state index in [1.54, 1.807) is 42.3 Å². The van der Waals surface area contributed by atoms with Gasteiger partial charge in [0.1, 0.15) is 23.3 Å². The van der Waals surface area contributed by atoms with E-state index < -0.39 is 29.7 Å². The van der Waals surface area contributed by atoms with Crippen molar-refractivity contribution in [1.29, 1.82) is 0 Å². The average Bonchev–Trinajstić information content (AvgIpc) is 3.28. The summed E-state index contributed by atoms with van der Waals surface area (Å²) in [6.45, 7) is 3.65. The molecular formula is C30H41FN2O6. The molecule has 9 heteroatoms. The molecule has 0 unspecified atom stereocenters. The number of amides is 1. The van der Waals surface area contributed by atoms with Gasteiger partial charge in [0.05, 0.1) is 25.9 Å². The zero-order chi connectivity index (χ0) is 28.0. The molecule has 39 heavy (non-hydrogen) atoms. The summed E-state index contributed by atoms with van der Waals surface area (Å²) >= 11 is 0. The van der Waals surface area contributed by atoms with Crippen molar-refractivity contribution in [3.63, 3.8) is 0 Å². The lowest BCUT2D eigenvalue weighted by molar-refractivity contribution is -0.167. The van der Waals surface area contributed by atoms with Gasteiger partial charge in [-0.05, 0) is 68.4 Å². The van der Waals surface area contributed by atoms with Crippen LogP contribution < -0.4 is 10.5 Å². The Morgan fingerprint density at radius 1 is 1.23 bits per heavy atom. The largest absolute Gasteiger partial charge is 0.494 e. The molecule has 0 spiro atoms. The van der Waals surface area contributed by atoms with Gasteiger partial charge in [0.25, 0.3) is 0 Å². The number of hydrogen-bond donors (Lipinski definition) is 3. The monoisotopic (exact) mass is 544 g/mol. The highest BCUT2D eigenvalue weighted by atomic mass is 19.1. The maximum Gasteiger partial charge on any atom is 0.226 e. The van der Waals surface area contributed by atoms with Crippen LogP contribution in [-0.2, 0) is 19.9 Å². The Kier molecular flexibility index (Phi) is 9.96. The number of nitrogens with two attached hydrogens (primary N) is 1. The second kappa shape index (κ2) is 13.2. The first-order valence-corrected chi connectivity index (χ1v) is 13.9. The topological polar surface area (TPSA) is 114 Å². The summed E-state index contributed by atoms with van der Waals surface area (Å²) in [6, 6.07) is 11.5. The lowest BCUT2D eigenvalue weighted by Crippen LogP contribution is -2.55. The van der Waals surface area contributed by atoms with E-state index in [-0.39, 0.29) is 37.0 Å². The van der Waals surface area contributed by atoms with Gasteiger partial charge in [0.15, 0.2) is 0 Å². The standard InChI is InChI=1S/C30H41FN2O6/c1-3-38-22-9-6-8-20(16-22)28-23(10-7-11-24(28)31)30(36,12-4-5-14-37-2)27-19-33(13-15-39-27)29(35)21-17-25(32)26(34)18-21/h6-11,16,21,25-27,34,36H,3-5,12-15,17-19,32H2,1-2H3/t21-,25+,26-,27+,30-/m0/s1. The van der Waals surface area contributed by atoms with Crippen molar-refractivity contribution < 1.29 is 33.6 Å². The molecule has 5 atom stereocenters. The van der Waals surface area contributed by atoms with Crippen molar-refractivity contribution in [2.75, 3.05) is 40.0 Å². The second-order valence-corrected chi connectivity index (χ2v) is 10.5. The predicted molar refractivity (Wildman–Crippen MR) is 146 cm³/mol. The molecule has 1 aliphatic carbocycles. The lowest BCUT2D eigenvalue weighted by Gasteiger charge is -2.43. The maximum atomic E-state index is 15.6. The zero-order valence-electron chi connectivity index (χ0n) is 22.9. The summed E-state index contributed by atoms with van der Waals surface area (Å²) in [7, 11) is 1.63. The van der Waals surface area contributed by atoms with Crippen molar-refractivity contribution in [1.82, 2.24) is 4.90 Å². The molecule has 2 aromatic rings. The number of morpholine rings is 1. The molecule has 8 nitrogen and oxygen atoms in total. The van der Waals surface area contributed by atoms with Crippen molar-refractivity contribution in [2.45, 2.75) is 62.9 Å². The number of carbonyl (C=O) groups excluding carboxylic acids is 1. The van der Waals surface area contributed by atoms with Gasteiger partial charge in [0, 0.05) is 37.8 Å². The molecule has 0 bridgehead atoms. The molecule has 2 aliphatic rings. The minimum atomic E-state index is -1.59. The van der Waals surface area contributed by atoms with Crippen LogP contribution in [0.4, 0.5) is 4.39 Å². The third-order valence-corrected chi connectivity index (χ3v) is 7.91. The number of aliphatic hydroxyl groups excluding tert-OH is 1. The average molecular weight is 545 g/mol. The molecule has 1 saturated carbocycles. The van der Waals surface area contributed by atoms with Gasteiger partial charge < -0.3 is 35.1 Å². The number of nitrogens with zero attached hydrogens (tertiary/aromatic N) is 1.